The Balaban J connectivity index is 1.80. The molecule has 2 aromatic heterocycles. The molecule has 2 heterocycles. The fourth-order valence-electron chi connectivity index (χ4n) is 5.01. The zero-order valence-corrected chi connectivity index (χ0v) is 22.5. The third kappa shape index (κ3) is 7.30. The van der Waals surface area contributed by atoms with Crippen LogP contribution in [0.3, 0.4) is 0 Å². The SMILES string of the molecule is CCCCC(C)c1ccc(C(CCC(C)c2cc[n+](OC)cc2)C(C)c2cc[n+](OC)cc2)cc1. The Hall–Kier alpha value is -2.88. The average molecular weight is 477 g/mol. The molecule has 0 aliphatic carbocycles. The van der Waals surface area contributed by atoms with Crippen molar-refractivity contribution in [1.29, 1.82) is 0 Å². The summed E-state index contributed by atoms with van der Waals surface area (Å²) in [5, 5.41) is 0. The smallest absolute Gasteiger partial charge is 0.222 e. The Bertz CT molecular complexity index is 1000. The molecule has 35 heavy (non-hydrogen) atoms. The summed E-state index contributed by atoms with van der Waals surface area (Å²) < 4.78 is 3.47. The van der Waals surface area contributed by atoms with Gasteiger partial charge >= 0.3 is 0 Å². The maximum atomic E-state index is 5.31. The van der Waals surface area contributed by atoms with Crippen molar-refractivity contribution in [2.24, 2.45) is 0 Å². The summed E-state index contributed by atoms with van der Waals surface area (Å²) in [6.45, 7) is 9.32. The van der Waals surface area contributed by atoms with Crippen LogP contribution in [-0.2, 0) is 0 Å². The zero-order valence-electron chi connectivity index (χ0n) is 22.5. The van der Waals surface area contributed by atoms with E-state index in [1.807, 2.05) is 24.8 Å². The third-order valence-electron chi connectivity index (χ3n) is 7.61. The first-order chi connectivity index (χ1) is 17.0. The van der Waals surface area contributed by atoms with Crippen LogP contribution >= 0.6 is 0 Å². The van der Waals surface area contributed by atoms with Gasteiger partial charge in [0.1, 0.15) is 14.2 Å². The van der Waals surface area contributed by atoms with Gasteiger partial charge in [0.25, 0.3) is 0 Å². The number of aromatic nitrogens is 2. The average Bonchev–Trinajstić information content (AvgIpc) is 2.92. The van der Waals surface area contributed by atoms with Crippen molar-refractivity contribution in [3.05, 3.63) is 95.6 Å². The normalized spacial score (nSPS) is 14.7. The van der Waals surface area contributed by atoms with E-state index < -0.39 is 0 Å². The van der Waals surface area contributed by atoms with Gasteiger partial charge in [-0.1, -0.05) is 64.8 Å². The topological polar surface area (TPSA) is 26.2 Å². The first-order valence-electron chi connectivity index (χ1n) is 13.2. The molecule has 3 rings (SSSR count). The molecule has 1 aromatic carbocycles. The summed E-state index contributed by atoms with van der Waals surface area (Å²) >= 11 is 0. The van der Waals surface area contributed by atoms with Crippen molar-refractivity contribution in [2.45, 2.75) is 83.5 Å². The van der Waals surface area contributed by atoms with E-state index in [1.54, 1.807) is 23.7 Å². The Labute approximate surface area is 212 Å². The molecule has 0 bridgehead atoms. The number of benzene rings is 1. The van der Waals surface area contributed by atoms with Gasteiger partial charge in [-0.25, -0.2) is 0 Å². The molecule has 4 atom stereocenters. The van der Waals surface area contributed by atoms with E-state index in [1.165, 1.54) is 41.5 Å². The van der Waals surface area contributed by atoms with Gasteiger partial charge in [-0.3, -0.25) is 9.68 Å². The molecule has 0 spiro atoms. The van der Waals surface area contributed by atoms with Crippen molar-refractivity contribution in [3.8, 4) is 0 Å². The van der Waals surface area contributed by atoms with Crippen LogP contribution in [0.5, 0.6) is 0 Å². The van der Waals surface area contributed by atoms with E-state index in [0.717, 1.165) is 12.8 Å². The van der Waals surface area contributed by atoms with Gasteiger partial charge in [0, 0.05) is 33.7 Å². The van der Waals surface area contributed by atoms with Crippen molar-refractivity contribution < 1.29 is 19.1 Å². The van der Waals surface area contributed by atoms with E-state index >= 15 is 0 Å². The van der Waals surface area contributed by atoms with Crippen LogP contribution in [0.4, 0.5) is 0 Å². The number of unbranched alkanes of at least 4 members (excludes halogenated alkanes) is 1. The fourth-order valence-corrected chi connectivity index (χ4v) is 5.01. The van der Waals surface area contributed by atoms with Crippen molar-refractivity contribution in [2.75, 3.05) is 14.2 Å². The molecular formula is C31H44N2O2+2. The summed E-state index contributed by atoms with van der Waals surface area (Å²) in [7, 11) is 3.37. The van der Waals surface area contributed by atoms with E-state index in [2.05, 4.69) is 76.2 Å². The second kappa shape index (κ2) is 13.3. The highest BCUT2D eigenvalue weighted by Gasteiger charge is 2.23. The van der Waals surface area contributed by atoms with Crippen LogP contribution < -0.4 is 19.1 Å². The van der Waals surface area contributed by atoms with E-state index in [-0.39, 0.29) is 0 Å². The highest BCUT2D eigenvalue weighted by atomic mass is 16.6. The molecule has 188 valence electrons. The lowest BCUT2D eigenvalue weighted by molar-refractivity contribution is -0.885. The predicted octanol–water partition coefficient (Wildman–Crippen LogP) is 6.14. The highest BCUT2D eigenvalue weighted by molar-refractivity contribution is 5.31. The van der Waals surface area contributed by atoms with Crippen LogP contribution in [0.25, 0.3) is 0 Å². The van der Waals surface area contributed by atoms with Crippen LogP contribution in [0.15, 0.2) is 73.3 Å². The van der Waals surface area contributed by atoms with Gasteiger partial charge in [0.05, 0.1) is 0 Å². The number of nitrogens with zero attached hydrogens (tertiary/aromatic N) is 2. The first kappa shape index (κ1) is 26.7. The van der Waals surface area contributed by atoms with Crippen LogP contribution in [0.1, 0.15) is 106 Å². The fraction of sp³-hybridized carbons (Fsp3) is 0.484. The Morgan fingerprint density at radius 3 is 1.57 bits per heavy atom. The lowest BCUT2D eigenvalue weighted by atomic mass is 9.78. The first-order valence-corrected chi connectivity index (χ1v) is 13.2. The predicted molar refractivity (Wildman–Crippen MR) is 141 cm³/mol. The van der Waals surface area contributed by atoms with Gasteiger partial charge in [-0.05, 0) is 65.2 Å². The van der Waals surface area contributed by atoms with Gasteiger partial charge in [-0.2, -0.15) is 0 Å². The van der Waals surface area contributed by atoms with Crippen LogP contribution in [-0.4, -0.2) is 14.2 Å². The second-order valence-corrected chi connectivity index (χ2v) is 9.93. The molecule has 0 radical (unpaired) electrons. The van der Waals surface area contributed by atoms with Gasteiger partial charge < -0.3 is 0 Å². The molecular weight excluding hydrogens is 432 g/mol. The Morgan fingerprint density at radius 2 is 1.06 bits per heavy atom. The lowest BCUT2D eigenvalue weighted by Crippen LogP contribution is -2.39. The summed E-state index contributed by atoms with van der Waals surface area (Å²) in [6.07, 6.45) is 14.0. The molecule has 0 saturated heterocycles. The lowest BCUT2D eigenvalue weighted by Gasteiger charge is -2.26. The van der Waals surface area contributed by atoms with E-state index in [0.29, 0.717) is 23.7 Å². The monoisotopic (exact) mass is 476 g/mol. The van der Waals surface area contributed by atoms with Gasteiger partial charge in [0.2, 0.25) is 24.8 Å². The number of rotatable bonds is 13. The summed E-state index contributed by atoms with van der Waals surface area (Å²) in [5.41, 5.74) is 5.59. The molecule has 0 N–H and O–H groups in total. The number of pyridine rings is 2. The molecule has 0 saturated carbocycles. The molecule has 0 aliphatic rings. The molecule has 4 nitrogen and oxygen atoms in total. The summed E-state index contributed by atoms with van der Waals surface area (Å²) in [5.74, 6) is 1.95. The van der Waals surface area contributed by atoms with E-state index in [9.17, 15) is 0 Å². The maximum Gasteiger partial charge on any atom is 0.222 e. The maximum absolute atomic E-state index is 5.31. The minimum atomic E-state index is 0.406. The van der Waals surface area contributed by atoms with Crippen LogP contribution in [0.2, 0.25) is 0 Å². The molecule has 0 amide bonds. The highest BCUT2D eigenvalue weighted by Crippen LogP contribution is 2.38. The Morgan fingerprint density at radius 1 is 0.600 bits per heavy atom. The standard InChI is InChI=1S/C31H44N2O2/c1-7-8-9-24(2)27-11-13-30(14-12-27)31(26(4)29-18-22-33(35-6)23-19-29)15-10-25(3)28-16-20-32(34-5)21-17-28/h11-14,16-26,31H,7-10,15H2,1-6H3/q+2. The molecule has 0 fully saturated rings. The molecule has 0 aliphatic heterocycles. The van der Waals surface area contributed by atoms with Crippen molar-refractivity contribution in [1.82, 2.24) is 0 Å². The minimum Gasteiger partial charge on any atom is -0.275 e. The zero-order chi connectivity index (χ0) is 25.2. The Kier molecular flexibility index (Phi) is 10.1. The molecule has 3 aromatic rings. The molecule has 4 unspecified atom stereocenters. The number of hydrogen-bond acceptors (Lipinski definition) is 2. The minimum absolute atomic E-state index is 0.406. The van der Waals surface area contributed by atoms with Crippen molar-refractivity contribution >= 4 is 0 Å². The quantitative estimate of drug-likeness (QED) is 0.277. The van der Waals surface area contributed by atoms with Crippen molar-refractivity contribution in [3.63, 3.8) is 0 Å². The third-order valence-corrected chi connectivity index (χ3v) is 7.61. The molecule has 4 heteroatoms. The van der Waals surface area contributed by atoms with E-state index in [4.69, 9.17) is 9.68 Å². The summed E-state index contributed by atoms with van der Waals surface area (Å²) in [4.78, 5) is 10.6. The van der Waals surface area contributed by atoms with Crippen LogP contribution in [0, 0.1) is 0 Å². The second-order valence-electron chi connectivity index (χ2n) is 9.93. The largest absolute Gasteiger partial charge is 0.275 e. The van der Waals surface area contributed by atoms with Gasteiger partial charge in [0.15, 0.2) is 0 Å². The summed E-state index contributed by atoms with van der Waals surface area (Å²) in [6, 6.07) is 18.2. The van der Waals surface area contributed by atoms with Gasteiger partial charge in [-0.15, -0.1) is 0 Å². The number of hydrogen-bond donors (Lipinski definition) is 0.